The van der Waals surface area contributed by atoms with Crippen molar-refractivity contribution < 1.29 is 40.6 Å². The number of nitrogens with zero attached hydrogens (tertiary/aromatic N) is 1. The van der Waals surface area contributed by atoms with Gasteiger partial charge >= 0.3 is 0 Å². The zero-order chi connectivity index (χ0) is 61.0. The Bertz CT molecular complexity index is 2600. The second kappa shape index (κ2) is 26.8. The molecular formula is C68H129ClIN3O9S3. The van der Waals surface area contributed by atoms with E-state index in [0.29, 0.717) is 51.4 Å². The predicted molar refractivity (Wildman–Crippen MR) is 364 cm³/mol. The number of fused-ring (bicyclic) bond motifs is 15. The van der Waals surface area contributed by atoms with Crippen LogP contribution >= 0.6 is 33.3 Å². The number of aliphatic hydroxyl groups is 3. The monoisotopic (exact) mass is 1390 g/mol. The first-order valence-corrected chi connectivity index (χ1v) is 41.3. The summed E-state index contributed by atoms with van der Waals surface area (Å²) in [6, 6.07) is 0.716. The summed E-state index contributed by atoms with van der Waals surface area (Å²) >= 11 is 2.15. The first-order valence-electron chi connectivity index (χ1n) is 32.7. The molecule has 12 aliphatic carbocycles. The molecule has 0 heterocycles. The van der Waals surface area contributed by atoms with Crippen molar-refractivity contribution in [1.82, 2.24) is 9.03 Å². The van der Waals surface area contributed by atoms with Crippen LogP contribution in [-0.2, 0) is 29.1 Å². The maximum Gasteiger partial charge on any atom is 0.229 e. The number of hydrogen-bond acceptors (Lipinski definition) is 10. The molecule has 0 aromatic carbocycles. The van der Waals surface area contributed by atoms with Crippen molar-refractivity contribution in [2.75, 3.05) is 30.7 Å². The molecule has 0 bridgehead atoms. The average molecular weight is 1390 g/mol. The normalized spacial score (nSPS) is 50.0. The third kappa shape index (κ3) is 15.1. The molecule has 12 rings (SSSR count). The summed E-state index contributed by atoms with van der Waals surface area (Å²) in [4.78, 5) is 1.97. The van der Waals surface area contributed by atoms with Crippen molar-refractivity contribution in [2.45, 2.75) is 293 Å². The lowest BCUT2D eigenvalue weighted by molar-refractivity contribution is -0.145. The van der Waals surface area contributed by atoms with Crippen LogP contribution in [0.25, 0.3) is 0 Å². The van der Waals surface area contributed by atoms with Crippen molar-refractivity contribution in [3.8, 4) is 0 Å². The van der Waals surface area contributed by atoms with E-state index in [9.17, 15) is 40.6 Å². The van der Waals surface area contributed by atoms with Crippen LogP contribution < -0.4 is 10.5 Å². The highest BCUT2D eigenvalue weighted by Gasteiger charge is 2.65. The zero-order valence-corrected chi connectivity index (χ0v) is 58.9. The van der Waals surface area contributed by atoms with Gasteiger partial charge in [-0.2, -0.15) is 0 Å². The van der Waals surface area contributed by atoms with Gasteiger partial charge in [-0.15, -0.1) is 0 Å². The van der Waals surface area contributed by atoms with Crippen LogP contribution in [0.4, 0.5) is 0 Å². The van der Waals surface area contributed by atoms with E-state index < -0.39 is 45.9 Å². The van der Waals surface area contributed by atoms with Crippen LogP contribution in [0, 0.1) is 104 Å². The fourth-order valence-corrected chi connectivity index (χ4v) is 25.3. The lowest BCUT2D eigenvalue weighted by Gasteiger charge is -2.62. The van der Waals surface area contributed by atoms with E-state index in [2.05, 4.69) is 86.5 Å². The molecule has 24 atom stereocenters. The van der Waals surface area contributed by atoms with Gasteiger partial charge in [-0.05, 0) is 303 Å². The van der Waals surface area contributed by atoms with Gasteiger partial charge < -0.3 is 21.1 Å². The van der Waals surface area contributed by atoms with E-state index in [-0.39, 0.29) is 45.2 Å². The Morgan fingerprint density at radius 3 is 1.11 bits per heavy atom. The van der Waals surface area contributed by atoms with E-state index in [1.54, 1.807) is 11.4 Å². The third-order valence-corrected chi connectivity index (χ3v) is 30.2. The molecule has 0 aliphatic heterocycles. The van der Waals surface area contributed by atoms with Gasteiger partial charge in [0.2, 0.25) is 29.1 Å². The first-order chi connectivity index (χ1) is 37.6. The summed E-state index contributed by atoms with van der Waals surface area (Å²) in [5.74, 6) is 9.05. The Balaban J connectivity index is 0.000000218. The molecule has 12 saturated carbocycles. The fraction of sp³-hybridized carbons (Fsp3) is 1.00. The molecule has 0 spiro atoms. The highest BCUT2D eigenvalue weighted by Crippen LogP contribution is 2.70. The van der Waals surface area contributed by atoms with Gasteiger partial charge in [0.1, 0.15) is 0 Å². The SMILES string of the molecule is C.C.C.CI.CN([C@H]1CC[C@H]2[C@@H]3CC[C@H]4C[C@](C)(O)CC[C@]4(C)[C@H]3CC[C@]12C)S(C)(=O)=O.CS(=O)(=O)Cl.C[C@@]1(O)CC[C@@]2(C)[C@@H](CC[C@@H]3[C@@H]2CC[C@]2(C)[C@@H](N)CC[C@@H]32)C1.C[C@@]1(O)CC[C@@]2(C)[C@@H](CC[C@@H]3[C@@H]2CC[C@]2(C)[C@@H](NS(C)(=O)=O)CC[C@@H]32)C1. The molecular weight excluding hydrogens is 1260 g/mol. The maximum atomic E-state index is 12.2. The molecule has 502 valence electrons. The van der Waals surface area contributed by atoms with Gasteiger partial charge in [-0.25, -0.2) is 34.3 Å². The van der Waals surface area contributed by atoms with Crippen LogP contribution in [0.5, 0.6) is 0 Å². The molecule has 0 unspecified atom stereocenters. The topological polar surface area (TPSA) is 204 Å². The summed E-state index contributed by atoms with van der Waals surface area (Å²) < 4.78 is 71.6. The fourth-order valence-electron chi connectivity index (χ4n) is 23.6. The zero-order valence-electron chi connectivity index (χ0n) is 53.5. The minimum absolute atomic E-state index is 0. The number of alkyl halides is 1. The van der Waals surface area contributed by atoms with E-state index in [1.165, 1.54) is 109 Å². The van der Waals surface area contributed by atoms with Crippen molar-refractivity contribution in [1.29, 1.82) is 0 Å². The summed E-state index contributed by atoms with van der Waals surface area (Å²) in [5, 5.41) is 31.8. The highest BCUT2D eigenvalue weighted by atomic mass is 127. The van der Waals surface area contributed by atoms with E-state index in [0.717, 1.165) is 131 Å². The molecule has 12 aliphatic rings. The Hall–Kier alpha value is 0.630. The number of halogens is 2. The second-order valence-corrected chi connectivity index (χ2v) is 39.8. The minimum atomic E-state index is -3.19. The Morgan fingerprint density at radius 1 is 0.435 bits per heavy atom. The Kier molecular flexibility index (Phi) is 24.1. The number of nitrogens with one attached hydrogen (secondary N) is 1. The van der Waals surface area contributed by atoms with Gasteiger partial charge in [0.15, 0.2) is 0 Å². The molecule has 0 aromatic heterocycles. The van der Waals surface area contributed by atoms with E-state index in [1.807, 2.05) is 18.8 Å². The van der Waals surface area contributed by atoms with Gasteiger partial charge in [-0.3, -0.25) is 0 Å². The number of nitrogens with two attached hydrogens (primary N) is 1. The third-order valence-electron chi connectivity index (χ3n) is 28.2. The van der Waals surface area contributed by atoms with Gasteiger partial charge in [0.25, 0.3) is 0 Å². The summed E-state index contributed by atoms with van der Waals surface area (Å²) in [7, 11) is -3.19. The van der Waals surface area contributed by atoms with Crippen LogP contribution in [0.2, 0.25) is 0 Å². The second-order valence-electron chi connectivity index (χ2n) is 33.0. The van der Waals surface area contributed by atoms with Gasteiger partial charge in [0.05, 0.1) is 35.6 Å². The van der Waals surface area contributed by atoms with Crippen molar-refractivity contribution >= 4 is 62.4 Å². The van der Waals surface area contributed by atoms with E-state index >= 15 is 0 Å². The Morgan fingerprint density at radius 2 is 0.741 bits per heavy atom. The minimum Gasteiger partial charge on any atom is -0.390 e. The molecule has 0 saturated heterocycles. The smallest absolute Gasteiger partial charge is 0.229 e. The molecule has 12 nitrogen and oxygen atoms in total. The molecule has 0 amide bonds. The molecule has 17 heteroatoms. The molecule has 12 fully saturated rings. The van der Waals surface area contributed by atoms with E-state index in [4.69, 9.17) is 5.73 Å². The summed E-state index contributed by atoms with van der Waals surface area (Å²) in [6.07, 6.45) is 35.2. The van der Waals surface area contributed by atoms with Crippen LogP contribution in [0.1, 0.15) is 258 Å². The lowest BCUT2D eigenvalue weighted by Crippen LogP contribution is -2.57. The number of sulfonamides is 2. The van der Waals surface area contributed by atoms with Crippen molar-refractivity contribution in [3.05, 3.63) is 0 Å². The molecule has 0 aromatic rings. The predicted octanol–water partition coefficient (Wildman–Crippen LogP) is 15.0. The van der Waals surface area contributed by atoms with Crippen LogP contribution in [0.15, 0.2) is 0 Å². The van der Waals surface area contributed by atoms with Crippen molar-refractivity contribution in [2.24, 2.45) is 109 Å². The van der Waals surface area contributed by atoms with Crippen LogP contribution in [-0.4, -0.2) is 111 Å². The number of hydrogen-bond donors (Lipinski definition) is 5. The maximum absolute atomic E-state index is 12.2. The highest BCUT2D eigenvalue weighted by molar-refractivity contribution is 14.1. The average Bonchev–Trinajstić information content (AvgIpc) is 1.78. The standard InChI is InChI=1S/C22H39NO3S.C21H37NO3S.C20H35NO.CH3ClO2S.CH3I.3CH4/c1-20(24)12-13-21(2)15(14-20)6-7-16-17-8-9-19(23(4)27(5,25)26)22(17,3)11-10-18(16)21;1-19(23)11-12-20(2)14(13-19)5-6-15-16-7-8-18(22-26(4,24)25)21(16,3)10-9-17(15)20;1-18(22)10-11-19(2)13(12-18)4-5-14-15-6-7-17(21)20(15,3)9-8-16(14)19;1-5(2,3)4;1-2;;;/h15-19,24H,6-14H2,1-5H3;14-18,22-23H,5-13H2,1-4H3;13-17,22H,4-12,21H2,1-3H3;1H3;1H3;3*1H4/t15-,16-,17-,18-,19-,20+,21-,22-;14-,15-,16-,17-,18-,19+,20-,21-;13-,14-,15-,16-,17-,18+,19-,20-;;;;;/m000...../s1. The largest absolute Gasteiger partial charge is 0.390 e. The summed E-state index contributed by atoms with van der Waals surface area (Å²) in [6.45, 7) is 20.9. The molecule has 6 N–H and O–H groups in total. The number of rotatable bonds is 4. The summed E-state index contributed by atoms with van der Waals surface area (Å²) in [5.41, 5.74) is 7.05. The quantitative estimate of drug-likeness (QED) is 0.102. The van der Waals surface area contributed by atoms with Crippen LogP contribution in [0.3, 0.4) is 0 Å². The van der Waals surface area contributed by atoms with Gasteiger partial charge in [-0.1, -0.05) is 86.4 Å². The lowest BCUT2D eigenvalue weighted by atomic mass is 9.44. The molecule has 0 radical (unpaired) electrons. The Labute approximate surface area is 540 Å². The van der Waals surface area contributed by atoms with Gasteiger partial charge in [0, 0.05) is 35.9 Å². The van der Waals surface area contributed by atoms with Crippen molar-refractivity contribution in [3.63, 3.8) is 0 Å². The first kappa shape index (κ1) is 76.3. The molecule has 85 heavy (non-hydrogen) atoms.